The zero-order valence-electron chi connectivity index (χ0n) is 9.54. The predicted molar refractivity (Wildman–Crippen MR) is 74.9 cm³/mol. The van der Waals surface area contributed by atoms with Crippen LogP contribution in [0.3, 0.4) is 0 Å². The SMILES string of the molecule is CNc1ccc(Br)cc1N1CC(CCl)CC1=O. The Bertz CT molecular complexity index is 439. The summed E-state index contributed by atoms with van der Waals surface area (Å²) in [4.78, 5) is 13.8. The van der Waals surface area contributed by atoms with Gasteiger partial charge in [-0.1, -0.05) is 15.9 Å². The van der Waals surface area contributed by atoms with Gasteiger partial charge in [-0.25, -0.2) is 0 Å². The van der Waals surface area contributed by atoms with Gasteiger partial charge in [-0.2, -0.15) is 0 Å². The van der Waals surface area contributed by atoms with Crippen LogP contribution in [0.4, 0.5) is 11.4 Å². The van der Waals surface area contributed by atoms with E-state index < -0.39 is 0 Å². The summed E-state index contributed by atoms with van der Waals surface area (Å²) in [6, 6.07) is 5.87. The minimum absolute atomic E-state index is 0.144. The summed E-state index contributed by atoms with van der Waals surface area (Å²) >= 11 is 9.26. The number of nitrogens with one attached hydrogen (secondary N) is 1. The number of carbonyl (C=O) groups excluding carboxylic acids is 1. The van der Waals surface area contributed by atoms with Gasteiger partial charge in [0.25, 0.3) is 0 Å². The lowest BCUT2D eigenvalue weighted by atomic mass is 10.1. The lowest BCUT2D eigenvalue weighted by Gasteiger charge is -2.20. The fourth-order valence-corrected chi connectivity index (χ4v) is 2.61. The van der Waals surface area contributed by atoms with Gasteiger partial charge in [-0.05, 0) is 24.1 Å². The van der Waals surface area contributed by atoms with Crippen molar-refractivity contribution < 1.29 is 4.79 Å². The van der Waals surface area contributed by atoms with E-state index in [1.54, 1.807) is 0 Å². The van der Waals surface area contributed by atoms with Crippen LogP contribution >= 0.6 is 27.5 Å². The Kier molecular flexibility index (Phi) is 3.94. The summed E-state index contributed by atoms with van der Waals surface area (Å²) in [6.45, 7) is 0.702. The third-order valence-electron chi connectivity index (χ3n) is 2.94. The number of anilines is 2. The molecule has 1 unspecified atom stereocenters. The van der Waals surface area contributed by atoms with E-state index in [9.17, 15) is 4.79 Å². The molecule has 3 nitrogen and oxygen atoms in total. The number of alkyl halides is 1. The second-order valence-corrected chi connectivity index (χ2v) is 5.36. The van der Waals surface area contributed by atoms with Crippen molar-refractivity contribution in [1.29, 1.82) is 0 Å². The van der Waals surface area contributed by atoms with E-state index in [-0.39, 0.29) is 11.8 Å². The van der Waals surface area contributed by atoms with Gasteiger partial charge in [0.15, 0.2) is 0 Å². The molecule has 0 aromatic heterocycles. The molecule has 5 heteroatoms. The average molecular weight is 318 g/mol. The summed E-state index contributed by atoms with van der Waals surface area (Å²) in [5, 5.41) is 3.11. The first-order valence-corrected chi connectivity index (χ1v) is 6.82. The number of rotatable bonds is 3. The number of benzene rings is 1. The highest BCUT2D eigenvalue weighted by atomic mass is 79.9. The fourth-order valence-electron chi connectivity index (χ4n) is 2.06. The molecular weight excluding hydrogens is 304 g/mol. The van der Waals surface area contributed by atoms with E-state index >= 15 is 0 Å². The molecule has 2 rings (SSSR count). The van der Waals surface area contributed by atoms with E-state index in [2.05, 4.69) is 21.2 Å². The molecule has 0 spiro atoms. The summed E-state index contributed by atoms with van der Waals surface area (Å²) < 4.78 is 0.966. The second-order valence-electron chi connectivity index (χ2n) is 4.14. The van der Waals surface area contributed by atoms with Gasteiger partial charge in [0.2, 0.25) is 5.91 Å². The standard InChI is InChI=1S/C12H14BrClN2O/c1-15-10-3-2-9(13)5-11(10)16-7-8(6-14)4-12(16)17/h2-3,5,8,15H,4,6-7H2,1H3. The molecular formula is C12H14BrClN2O. The smallest absolute Gasteiger partial charge is 0.227 e. The van der Waals surface area contributed by atoms with Crippen molar-refractivity contribution in [1.82, 2.24) is 0 Å². The Morgan fingerprint density at radius 1 is 1.59 bits per heavy atom. The highest BCUT2D eigenvalue weighted by Gasteiger charge is 2.31. The zero-order valence-corrected chi connectivity index (χ0v) is 11.9. The van der Waals surface area contributed by atoms with Crippen LogP contribution in [0.1, 0.15) is 6.42 Å². The first-order valence-electron chi connectivity index (χ1n) is 5.49. The van der Waals surface area contributed by atoms with Gasteiger partial charge >= 0.3 is 0 Å². The Labute approximate surface area is 114 Å². The molecule has 92 valence electrons. The van der Waals surface area contributed by atoms with Gasteiger partial charge in [0, 0.05) is 30.4 Å². The monoisotopic (exact) mass is 316 g/mol. The van der Waals surface area contributed by atoms with Crippen LogP contribution in [0.15, 0.2) is 22.7 Å². The predicted octanol–water partition coefficient (Wildman–Crippen LogP) is 3.08. The molecule has 1 aromatic rings. The van der Waals surface area contributed by atoms with Crippen molar-refractivity contribution >= 4 is 44.8 Å². The van der Waals surface area contributed by atoms with Crippen LogP contribution in [0.25, 0.3) is 0 Å². The molecule has 0 radical (unpaired) electrons. The van der Waals surface area contributed by atoms with Crippen molar-refractivity contribution in [3.8, 4) is 0 Å². The summed E-state index contributed by atoms with van der Waals surface area (Å²) in [5.41, 5.74) is 1.87. The minimum Gasteiger partial charge on any atom is -0.386 e. The average Bonchev–Trinajstić information content (AvgIpc) is 2.70. The van der Waals surface area contributed by atoms with Crippen molar-refractivity contribution in [3.05, 3.63) is 22.7 Å². The normalized spacial score (nSPS) is 19.8. The summed E-state index contributed by atoms with van der Waals surface area (Å²) in [5.74, 6) is 0.934. The molecule has 1 atom stereocenters. The molecule has 17 heavy (non-hydrogen) atoms. The maximum atomic E-state index is 11.9. The van der Waals surface area contributed by atoms with Crippen molar-refractivity contribution in [2.45, 2.75) is 6.42 Å². The van der Waals surface area contributed by atoms with Gasteiger partial charge < -0.3 is 10.2 Å². The molecule has 1 aliphatic rings. The van der Waals surface area contributed by atoms with Crippen LogP contribution in [-0.2, 0) is 4.79 Å². The molecule has 0 aliphatic carbocycles. The summed E-state index contributed by atoms with van der Waals surface area (Å²) in [6.07, 6.45) is 0.541. The van der Waals surface area contributed by atoms with E-state index in [4.69, 9.17) is 11.6 Å². The van der Waals surface area contributed by atoms with E-state index in [1.807, 2.05) is 30.1 Å². The largest absolute Gasteiger partial charge is 0.386 e. The lowest BCUT2D eigenvalue weighted by Crippen LogP contribution is -2.25. The van der Waals surface area contributed by atoms with Gasteiger partial charge in [0.1, 0.15) is 0 Å². The number of amides is 1. The Hall–Kier alpha value is -0.740. The van der Waals surface area contributed by atoms with Crippen LogP contribution in [0.2, 0.25) is 0 Å². The number of halogens is 2. The molecule has 1 aromatic carbocycles. The van der Waals surface area contributed by atoms with Crippen molar-refractivity contribution in [3.63, 3.8) is 0 Å². The first kappa shape index (κ1) is 12.7. The van der Waals surface area contributed by atoms with E-state index in [0.717, 1.165) is 15.8 Å². The molecule has 1 fully saturated rings. The molecule has 1 saturated heterocycles. The van der Waals surface area contributed by atoms with Crippen LogP contribution in [0.5, 0.6) is 0 Å². The fraction of sp³-hybridized carbons (Fsp3) is 0.417. The Balaban J connectivity index is 2.33. The van der Waals surface area contributed by atoms with Gasteiger partial charge in [-0.15, -0.1) is 11.6 Å². The highest BCUT2D eigenvalue weighted by Crippen LogP contribution is 2.33. The van der Waals surface area contributed by atoms with E-state index in [0.29, 0.717) is 18.8 Å². The Morgan fingerprint density at radius 3 is 2.94 bits per heavy atom. The van der Waals surface area contributed by atoms with E-state index in [1.165, 1.54) is 0 Å². The first-order chi connectivity index (χ1) is 8.15. The second kappa shape index (κ2) is 5.27. The lowest BCUT2D eigenvalue weighted by molar-refractivity contribution is -0.117. The molecule has 1 aliphatic heterocycles. The number of hydrogen-bond acceptors (Lipinski definition) is 2. The topological polar surface area (TPSA) is 32.3 Å². The molecule has 1 N–H and O–H groups in total. The minimum atomic E-state index is 0.144. The van der Waals surface area contributed by atoms with Crippen LogP contribution < -0.4 is 10.2 Å². The number of hydrogen-bond donors (Lipinski definition) is 1. The zero-order chi connectivity index (χ0) is 12.4. The molecule has 0 saturated carbocycles. The van der Waals surface area contributed by atoms with Crippen molar-refractivity contribution in [2.24, 2.45) is 5.92 Å². The highest BCUT2D eigenvalue weighted by molar-refractivity contribution is 9.10. The number of nitrogens with zero attached hydrogens (tertiary/aromatic N) is 1. The molecule has 1 amide bonds. The van der Waals surface area contributed by atoms with Crippen LogP contribution in [0, 0.1) is 5.92 Å². The maximum absolute atomic E-state index is 11.9. The van der Waals surface area contributed by atoms with Crippen molar-refractivity contribution in [2.75, 3.05) is 29.7 Å². The maximum Gasteiger partial charge on any atom is 0.227 e. The number of carbonyl (C=O) groups is 1. The Morgan fingerprint density at radius 2 is 2.35 bits per heavy atom. The van der Waals surface area contributed by atoms with Crippen LogP contribution in [-0.4, -0.2) is 25.4 Å². The molecule has 1 heterocycles. The summed E-state index contributed by atoms with van der Waals surface area (Å²) in [7, 11) is 1.85. The third kappa shape index (κ3) is 2.58. The van der Waals surface area contributed by atoms with Gasteiger partial charge in [0.05, 0.1) is 11.4 Å². The molecule has 0 bridgehead atoms. The quantitative estimate of drug-likeness (QED) is 0.869. The van der Waals surface area contributed by atoms with Gasteiger partial charge in [-0.3, -0.25) is 4.79 Å². The third-order valence-corrected chi connectivity index (χ3v) is 3.87.